The summed E-state index contributed by atoms with van der Waals surface area (Å²) in [5.74, 6) is -1.95. The minimum absolute atomic E-state index is 0.152. The Bertz CT molecular complexity index is 223. The van der Waals surface area contributed by atoms with E-state index in [9.17, 15) is 14.4 Å². The van der Waals surface area contributed by atoms with Crippen LogP contribution in [0.15, 0.2) is 0 Å². The van der Waals surface area contributed by atoms with Crippen LogP contribution in [0.25, 0.3) is 0 Å². The molecule has 0 heterocycles. The van der Waals surface area contributed by atoms with Gasteiger partial charge in [-0.1, -0.05) is 13.8 Å². The van der Waals surface area contributed by atoms with Crippen molar-refractivity contribution in [3.05, 3.63) is 0 Å². The Kier molecular flexibility index (Phi) is 5.52. The molecule has 0 saturated heterocycles. The molecular formula is C9H14O5. The maximum Gasteiger partial charge on any atom is 0.347 e. The summed E-state index contributed by atoms with van der Waals surface area (Å²) in [6.45, 7) is 3.08. The normalized spacial score (nSPS) is 13.9. The highest BCUT2D eigenvalue weighted by molar-refractivity contribution is 5.82. The molecule has 2 unspecified atom stereocenters. The van der Waals surface area contributed by atoms with E-state index >= 15 is 0 Å². The first kappa shape index (κ1) is 12.6. The number of aldehydes is 1. The van der Waals surface area contributed by atoms with Gasteiger partial charge in [0.25, 0.3) is 0 Å². The van der Waals surface area contributed by atoms with Crippen LogP contribution in [-0.4, -0.2) is 31.4 Å². The fraction of sp³-hybridized carbons (Fsp3) is 0.667. The van der Waals surface area contributed by atoms with Gasteiger partial charge < -0.3 is 14.3 Å². The van der Waals surface area contributed by atoms with Gasteiger partial charge in [-0.3, -0.25) is 4.79 Å². The number of carbonyl (C=O) groups is 3. The third-order valence-corrected chi connectivity index (χ3v) is 1.67. The minimum atomic E-state index is -1.13. The maximum absolute atomic E-state index is 11.1. The fourth-order valence-electron chi connectivity index (χ4n) is 0.783. The van der Waals surface area contributed by atoms with E-state index in [0.29, 0.717) is 6.29 Å². The summed E-state index contributed by atoms with van der Waals surface area (Å²) in [5.41, 5.74) is 0. The second-order valence-corrected chi connectivity index (χ2v) is 2.78. The second-order valence-electron chi connectivity index (χ2n) is 2.78. The topological polar surface area (TPSA) is 69.7 Å². The summed E-state index contributed by atoms with van der Waals surface area (Å²) < 4.78 is 9.17. The zero-order valence-electron chi connectivity index (χ0n) is 8.48. The van der Waals surface area contributed by atoms with Crippen molar-refractivity contribution in [1.29, 1.82) is 0 Å². The van der Waals surface area contributed by atoms with Crippen LogP contribution in [0.2, 0.25) is 0 Å². The Morgan fingerprint density at radius 2 is 2.00 bits per heavy atom. The third-order valence-electron chi connectivity index (χ3n) is 1.67. The third kappa shape index (κ3) is 3.55. The van der Waals surface area contributed by atoms with E-state index < -0.39 is 24.0 Å². The number of methoxy groups -OCH3 is 1. The molecule has 0 aliphatic rings. The van der Waals surface area contributed by atoms with Crippen LogP contribution >= 0.6 is 0 Å². The van der Waals surface area contributed by atoms with Gasteiger partial charge in [0.2, 0.25) is 6.10 Å². The van der Waals surface area contributed by atoms with Crippen molar-refractivity contribution in [2.75, 3.05) is 7.11 Å². The minimum Gasteiger partial charge on any atom is -0.466 e. The molecule has 14 heavy (non-hydrogen) atoms. The number of ether oxygens (including phenoxy) is 2. The molecule has 0 aromatic heterocycles. The van der Waals surface area contributed by atoms with Crippen molar-refractivity contribution in [1.82, 2.24) is 0 Å². The molecule has 0 amide bonds. The maximum atomic E-state index is 11.1. The van der Waals surface area contributed by atoms with Crippen molar-refractivity contribution in [2.24, 2.45) is 5.92 Å². The lowest BCUT2D eigenvalue weighted by Crippen LogP contribution is -2.34. The lowest BCUT2D eigenvalue weighted by Gasteiger charge is -2.17. The van der Waals surface area contributed by atoms with Crippen LogP contribution in [0.5, 0.6) is 0 Å². The molecule has 5 heteroatoms. The molecule has 0 bridgehead atoms. The first-order valence-electron chi connectivity index (χ1n) is 4.29. The van der Waals surface area contributed by atoms with Crippen molar-refractivity contribution in [3.63, 3.8) is 0 Å². The van der Waals surface area contributed by atoms with Crippen molar-refractivity contribution >= 4 is 18.2 Å². The molecule has 0 saturated carbocycles. The van der Waals surface area contributed by atoms with Crippen molar-refractivity contribution < 1.29 is 23.9 Å². The zero-order valence-corrected chi connectivity index (χ0v) is 8.48. The van der Waals surface area contributed by atoms with Gasteiger partial charge in [-0.15, -0.1) is 0 Å². The number of carbonyl (C=O) groups excluding carboxylic acids is 3. The van der Waals surface area contributed by atoms with E-state index in [1.807, 2.05) is 0 Å². The van der Waals surface area contributed by atoms with Crippen LogP contribution < -0.4 is 0 Å². The lowest BCUT2D eigenvalue weighted by atomic mass is 10.1. The first-order valence-corrected chi connectivity index (χ1v) is 4.29. The summed E-state index contributed by atoms with van der Waals surface area (Å²) in [5, 5.41) is 0. The van der Waals surface area contributed by atoms with Crippen LogP contribution in [0, 0.1) is 5.92 Å². The Morgan fingerprint density at radius 1 is 1.43 bits per heavy atom. The van der Waals surface area contributed by atoms with E-state index in [1.54, 1.807) is 6.92 Å². The van der Waals surface area contributed by atoms with E-state index in [1.165, 1.54) is 14.0 Å². The van der Waals surface area contributed by atoms with Crippen LogP contribution in [0.3, 0.4) is 0 Å². The predicted molar refractivity (Wildman–Crippen MR) is 47.4 cm³/mol. The van der Waals surface area contributed by atoms with E-state index in [-0.39, 0.29) is 6.42 Å². The monoisotopic (exact) mass is 202 g/mol. The molecule has 2 atom stereocenters. The van der Waals surface area contributed by atoms with Crippen molar-refractivity contribution in [3.8, 4) is 0 Å². The van der Waals surface area contributed by atoms with Gasteiger partial charge in [0, 0.05) is 6.42 Å². The van der Waals surface area contributed by atoms with Gasteiger partial charge >= 0.3 is 11.9 Å². The Hall–Kier alpha value is -1.39. The standard InChI is InChI=1S/C9H14O5/c1-4-7(11)14-8(6(2)5-10)9(12)13-3/h5-6,8H,4H2,1-3H3. The highest BCUT2D eigenvalue weighted by atomic mass is 16.6. The quantitative estimate of drug-likeness (QED) is 0.474. The SMILES string of the molecule is CCC(=O)OC(C(=O)OC)C(C)C=O. The molecule has 0 aliphatic heterocycles. The highest BCUT2D eigenvalue weighted by Crippen LogP contribution is 2.08. The highest BCUT2D eigenvalue weighted by Gasteiger charge is 2.29. The van der Waals surface area contributed by atoms with Crippen LogP contribution in [0.1, 0.15) is 20.3 Å². The molecule has 80 valence electrons. The predicted octanol–water partition coefficient (Wildman–Crippen LogP) is 0.316. The van der Waals surface area contributed by atoms with Crippen LogP contribution in [0.4, 0.5) is 0 Å². The molecule has 0 rings (SSSR count). The van der Waals surface area contributed by atoms with E-state index in [4.69, 9.17) is 4.74 Å². The number of rotatable bonds is 5. The molecule has 0 fully saturated rings. The van der Waals surface area contributed by atoms with E-state index in [2.05, 4.69) is 4.74 Å². The fourth-order valence-corrected chi connectivity index (χ4v) is 0.783. The van der Waals surface area contributed by atoms with Gasteiger partial charge in [0.05, 0.1) is 13.0 Å². The van der Waals surface area contributed by atoms with Crippen LogP contribution in [-0.2, 0) is 23.9 Å². The van der Waals surface area contributed by atoms with Gasteiger partial charge in [-0.2, -0.15) is 0 Å². The largest absolute Gasteiger partial charge is 0.466 e. The van der Waals surface area contributed by atoms with Crippen molar-refractivity contribution in [2.45, 2.75) is 26.4 Å². The Labute approximate surface area is 82.4 Å². The number of hydrogen-bond acceptors (Lipinski definition) is 5. The Morgan fingerprint density at radius 3 is 2.36 bits per heavy atom. The summed E-state index contributed by atoms with van der Waals surface area (Å²) in [6, 6.07) is 0. The van der Waals surface area contributed by atoms with Gasteiger partial charge in [-0.25, -0.2) is 4.79 Å². The average Bonchev–Trinajstić information content (AvgIpc) is 2.23. The first-order chi connectivity index (χ1) is 6.56. The molecule has 0 aromatic rings. The second kappa shape index (κ2) is 6.12. The summed E-state index contributed by atoms with van der Waals surface area (Å²) >= 11 is 0. The smallest absolute Gasteiger partial charge is 0.347 e. The number of hydrogen-bond donors (Lipinski definition) is 0. The lowest BCUT2D eigenvalue weighted by molar-refractivity contribution is -0.169. The van der Waals surface area contributed by atoms with Gasteiger partial charge in [0.1, 0.15) is 6.29 Å². The molecule has 0 spiro atoms. The Balaban J connectivity index is 4.47. The number of esters is 2. The summed E-state index contributed by atoms with van der Waals surface area (Å²) in [7, 11) is 1.17. The molecule has 0 aromatic carbocycles. The van der Waals surface area contributed by atoms with Gasteiger partial charge in [-0.05, 0) is 0 Å². The molecule has 0 aliphatic carbocycles. The molecule has 5 nitrogen and oxygen atoms in total. The summed E-state index contributed by atoms with van der Waals surface area (Å²) in [4.78, 5) is 32.5. The molecular weight excluding hydrogens is 188 g/mol. The average molecular weight is 202 g/mol. The zero-order chi connectivity index (χ0) is 11.1. The van der Waals surface area contributed by atoms with E-state index in [0.717, 1.165) is 0 Å². The summed E-state index contributed by atoms with van der Waals surface area (Å²) in [6.07, 6.45) is -0.436. The molecule has 0 radical (unpaired) electrons. The molecule has 0 N–H and O–H groups in total. The van der Waals surface area contributed by atoms with Gasteiger partial charge in [0.15, 0.2) is 0 Å².